The first-order valence-corrected chi connectivity index (χ1v) is 11.1. The lowest BCUT2D eigenvalue weighted by Gasteiger charge is -2.32. The van der Waals surface area contributed by atoms with Crippen LogP contribution in [0, 0.1) is 13.8 Å². The number of fused-ring (bicyclic) bond motifs is 1. The number of ether oxygens (including phenoxy) is 3. The lowest BCUT2D eigenvalue weighted by atomic mass is 10.1. The minimum absolute atomic E-state index is 0.122. The molecule has 0 aliphatic carbocycles. The van der Waals surface area contributed by atoms with Gasteiger partial charge in [-0.25, -0.2) is 13.1 Å². The number of rotatable bonds is 6. The minimum Gasteiger partial charge on any atom is -0.479 e. The Labute approximate surface area is 171 Å². The quantitative estimate of drug-likeness (QED) is 0.753. The Kier molecular flexibility index (Phi) is 5.82. The van der Waals surface area contributed by atoms with Gasteiger partial charge < -0.3 is 19.1 Å². The molecule has 9 heteroatoms. The number of carbonyl (C=O) groups is 1. The van der Waals surface area contributed by atoms with Crippen molar-refractivity contribution in [2.24, 2.45) is 0 Å². The normalized spacial score (nSPS) is 18.6. The van der Waals surface area contributed by atoms with Gasteiger partial charge in [0.2, 0.25) is 21.6 Å². The summed E-state index contributed by atoms with van der Waals surface area (Å²) in [6, 6.07) is 1.75. The Morgan fingerprint density at radius 2 is 1.90 bits per heavy atom. The van der Waals surface area contributed by atoms with Crippen LogP contribution in [0.1, 0.15) is 37.8 Å². The van der Waals surface area contributed by atoms with E-state index in [0.717, 1.165) is 16.5 Å². The molecule has 0 saturated carbocycles. The summed E-state index contributed by atoms with van der Waals surface area (Å²) in [5, 5.41) is 0.897. The summed E-state index contributed by atoms with van der Waals surface area (Å²) in [4.78, 5) is 14.3. The van der Waals surface area contributed by atoms with E-state index in [1.54, 1.807) is 4.90 Å². The van der Waals surface area contributed by atoms with Gasteiger partial charge in [0.15, 0.2) is 18.1 Å². The third-order valence-electron chi connectivity index (χ3n) is 5.00. The largest absolute Gasteiger partial charge is 0.479 e. The number of carbonyl (C=O) groups excluding carboxylic acids is 1. The summed E-state index contributed by atoms with van der Waals surface area (Å²) in [6.07, 6.45) is 1.09. The lowest BCUT2D eigenvalue weighted by Crippen LogP contribution is -2.47. The number of amides is 1. The van der Waals surface area contributed by atoms with Crippen molar-refractivity contribution in [3.8, 4) is 17.2 Å². The van der Waals surface area contributed by atoms with Crippen LogP contribution in [0.25, 0.3) is 0 Å². The molecule has 160 valence electrons. The third-order valence-corrected chi connectivity index (χ3v) is 6.10. The van der Waals surface area contributed by atoms with Crippen LogP contribution in [0.4, 0.5) is 0 Å². The standard InChI is InChI=1S/C20H28N2O6S/c1-6-29(24,25)21-15-7-9-22(10-8-15)16(23)12-26-17-13(2)11-14(3)18-19(17)28-20(4,5)27-18/h6,11,15,21H,1,7-10,12H2,2-5H3. The van der Waals surface area contributed by atoms with Gasteiger partial charge in [-0.15, -0.1) is 0 Å². The van der Waals surface area contributed by atoms with Crippen LogP contribution in [0.3, 0.4) is 0 Å². The van der Waals surface area contributed by atoms with Gasteiger partial charge in [-0.2, -0.15) is 0 Å². The van der Waals surface area contributed by atoms with E-state index in [-0.39, 0.29) is 18.6 Å². The fourth-order valence-corrected chi connectivity index (χ4v) is 4.38. The van der Waals surface area contributed by atoms with E-state index in [1.165, 1.54) is 0 Å². The summed E-state index contributed by atoms with van der Waals surface area (Å²) >= 11 is 0. The molecule has 1 N–H and O–H groups in total. The lowest BCUT2D eigenvalue weighted by molar-refractivity contribution is -0.134. The fourth-order valence-electron chi connectivity index (χ4n) is 3.58. The number of nitrogens with one attached hydrogen (secondary N) is 1. The molecule has 1 amide bonds. The van der Waals surface area contributed by atoms with Crippen LogP contribution < -0.4 is 18.9 Å². The molecule has 0 atom stereocenters. The Balaban J connectivity index is 1.60. The Hall–Kier alpha value is -2.26. The molecule has 1 saturated heterocycles. The molecular formula is C20H28N2O6S. The molecule has 0 unspecified atom stereocenters. The molecular weight excluding hydrogens is 396 g/mol. The van der Waals surface area contributed by atoms with E-state index < -0.39 is 15.8 Å². The van der Waals surface area contributed by atoms with Gasteiger partial charge in [0.1, 0.15) is 0 Å². The molecule has 1 aromatic carbocycles. The molecule has 2 heterocycles. The summed E-state index contributed by atoms with van der Waals surface area (Å²) in [6.45, 7) is 11.6. The Morgan fingerprint density at radius 1 is 1.28 bits per heavy atom. The number of hydrogen-bond donors (Lipinski definition) is 1. The molecule has 0 radical (unpaired) electrons. The van der Waals surface area contributed by atoms with Gasteiger partial charge in [-0.1, -0.05) is 6.58 Å². The van der Waals surface area contributed by atoms with Crippen molar-refractivity contribution in [1.29, 1.82) is 0 Å². The maximum atomic E-state index is 12.6. The zero-order chi connectivity index (χ0) is 21.4. The van der Waals surface area contributed by atoms with Crippen LogP contribution in [0.5, 0.6) is 17.2 Å². The van der Waals surface area contributed by atoms with Gasteiger partial charge >= 0.3 is 0 Å². The summed E-state index contributed by atoms with van der Waals surface area (Å²) < 4.78 is 43.3. The smallest absolute Gasteiger partial charge is 0.260 e. The van der Waals surface area contributed by atoms with E-state index in [4.69, 9.17) is 14.2 Å². The van der Waals surface area contributed by atoms with Crippen molar-refractivity contribution in [3.05, 3.63) is 29.2 Å². The first-order chi connectivity index (χ1) is 13.5. The second-order valence-corrected chi connectivity index (χ2v) is 9.53. The molecule has 3 rings (SSSR count). The van der Waals surface area contributed by atoms with Gasteiger partial charge in [0, 0.05) is 38.4 Å². The molecule has 0 bridgehead atoms. The Bertz CT molecular complexity index is 917. The van der Waals surface area contributed by atoms with Crippen molar-refractivity contribution < 1.29 is 27.4 Å². The minimum atomic E-state index is -3.47. The highest BCUT2D eigenvalue weighted by molar-refractivity contribution is 7.92. The van der Waals surface area contributed by atoms with E-state index in [9.17, 15) is 13.2 Å². The molecule has 1 fully saturated rings. The van der Waals surface area contributed by atoms with Gasteiger partial charge in [0.05, 0.1) is 0 Å². The predicted molar refractivity (Wildman–Crippen MR) is 109 cm³/mol. The van der Waals surface area contributed by atoms with E-state index in [1.807, 2.05) is 33.8 Å². The number of nitrogens with zero attached hydrogens (tertiary/aromatic N) is 1. The van der Waals surface area contributed by atoms with Crippen LogP contribution in [0.15, 0.2) is 18.1 Å². The molecule has 29 heavy (non-hydrogen) atoms. The third kappa shape index (κ3) is 4.84. The van der Waals surface area contributed by atoms with Crippen LogP contribution in [-0.4, -0.2) is 50.8 Å². The summed E-state index contributed by atoms with van der Waals surface area (Å²) in [7, 11) is -3.47. The second-order valence-electron chi connectivity index (χ2n) is 7.87. The van der Waals surface area contributed by atoms with Crippen LogP contribution >= 0.6 is 0 Å². The maximum absolute atomic E-state index is 12.6. The van der Waals surface area contributed by atoms with Gasteiger partial charge in [-0.05, 0) is 43.9 Å². The number of benzene rings is 1. The van der Waals surface area contributed by atoms with Crippen molar-refractivity contribution in [3.63, 3.8) is 0 Å². The van der Waals surface area contributed by atoms with Gasteiger partial charge in [-0.3, -0.25) is 4.79 Å². The van der Waals surface area contributed by atoms with Gasteiger partial charge in [0.25, 0.3) is 5.91 Å². The average molecular weight is 425 g/mol. The van der Waals surface area contributed by atoms with E-state index >= 15 is 0 Å². The molecule has 2 aliphatic rings. The number of hydrogen-bond acceptors (Lipinski definition) is 6. The number of sulfonamides is 1. The number of piperidine rings is 1. The first kappa shape index (κ1) is 21.4. The highest BCUT2D eigenvalue weighted by Crippen LogP contribution is 2.49. The topological polar surface area (TPSA) is 94.2 Å². The monoisotopic (exact) mass is 424 g/mol. The molecule has 2 aliphatic heterocycles. The predicted octanol–water partition coefficient (Wildman–Crippen LogP) is 2.24. The van der Waals surface area contributed by atoms with Crippen LogP contribution in [-0.2, 0) is 14.8 Å². The number of likely N-dealkylation sites (tertiary alicyclic amines) is 1. The second kappa shape index (κ2) is 7.87. The van der Waals surface area contributed by atoms with E-state index in [0.29, 0.717) is 43.2 Å². The SMILES string of the molecule is C=CS(=O)(=O)NC1CCN(C(=O)COc2c(C)cc(C)c3c2OC(C)(C)O3)CC1. The van der Waals surface area contributed by atoms with Crippen molar-refractivity contribution in [2.75, 3.05) is 19.7 Å². The molecule has 1 aromatic rings. The van der Waals surface area contributed by atoms with Crippen molar-refractivity contribution in [1.82, 2.24) is 9.62 Å². The average Bonchev–Trinajstić information content (AvgIpc) is 2.97. The van der Waals surface area contributed by atoms with E-state index in [2.05, 4.69) is 11.3 Å². The first-order valence-electron chi connectivity index (χ1n) is 9.59. The summed E-state index contributed by atoms with van der Waals surface area (Å²) in [5.74, 6) is 0.736. The highest BCUT2D eigenvalue weighted by Gasteiger charge is 2.36. The Morgan fingerprint density at radius 3 is 2.52 bits per heavy atom. The zero-order valence-electron chi connectivity index (χ0n) is 17.3. The fraction of sp³-hybridized carbons (Fsp3) is 0.550. The van der Waals surface area contributed by atoms with Crippen molar-refractivity contribution >= 4 is 15.9 Å². The highest BCUT2D eigenvalue weighted by atomic mass is 32.2. The number of aryl methyl sites for hydroxylation is 2. The molecule has 0 aromatic heterocycles. The zero-order valence-corrected chi connectivity index (χ0v) is 18.1. The molecule has 0 spiro atoms. The maximum Gasteiger partial charge on any atom is 0.260 e. The summed E-state index contributed by atoms with van der Waals surface area (Å²) in [5.41, 5.74) is 1.82. The van der Waals surface area contributed by atoms with Crippen LogP contribution in [0.2, 0.25) is 0 Å². The molecule has 8 nitrogen and oxygen atoms in total. The van der Waals surface area contributed by atoms with Crippen molar-refractivity contribution in [2.45, 2.75) is 52.4 Å².